The van der Waals surface area contributed by atoms with Gasteiger partial charge in [0.1, 0.15) is 23.7 Å². The molecule has 1 amide bonds. The van der Waals surface area contributed by atoms with E-state index in [-0.39, 0.29) is 5.91 Å². The minimum atomic E-state index is 0.172. The van der Waals surface area contributed by atoms with E-state index in [9.17, 15) is 4.79 Å². The van der Waals surface area contributed by atoms with Crippen molar-refractivity contribution in [3.8, 4) is 11.5 Å². The summed E-state index contributed by atoms with van der Waals surface area (Å²) in [5.41, 5.74) is 1.22. The van der Waals surface area contributed by atoms with Crippen LogP contribution in [-0.2, 0) is 11.2 Å². The van der Waals surface area contributed by atoms with Crippen LogP contribution in [0.15, 0.2) is 60.9 Å². The van der Waals surface area contributed by atoms with Crippen molar-refractivity contribution in [3.63, 3.8) is 0 Å². The van der Waals surface area contributed by atoms with Crippen molar-refractivity contribution < 1.29 is 9.53 Å². The zero-order chi connectivity index (χ0) is 18.5. The smallest absolute Gasteiger partial charge is 0.223 e. The molecule has 1 saturated heterocycles. The number of rotatable bonds is 6. The number of H-pyrrole nitrogens is 1. The van der Waals surface area contributed by atoms with Crippen molar-refractivity contribution in [2.45, 2.75) is 25.2 Å². The topological polar surface area (TPSA) is 71.1 Å². The molecule has 6 nitrogen and oxygen atoms in total. The molecule has 0 spiro atoms. The molecule has 1 aromatic heterocycles. The Morgan fingerprint density at radius 3 is 2.81 bits per heavy atom. The van der Waals surface area contributed by atoms with Gasteiger partial charge in [-0.2, -0.15) is 5.10 Å². The average molecular weight is 362 g/mol. The number of aryl methyl sites for hydroxylation is 1. The van der Waals surface area contributed by atoms with Crippen LogP contribution in [-0.4, -0.2) is 39.1 Å². The van der Waals surface area contributed by atoms with Gasteiger partial charge in [0.05, 0.1) is 0 Å². The summed E-state index contributed by atoms with van der Waals surface area (Å²) in [7, 11) is 0. The van der Waals surface area contributed by atoms with Crippen LogP contribution < -0.4 is 4.74 Å². The summed E-state index contributed by atoms with van der Waals surface area (Å²) in [6, 6.07) is 17.9. The number of aromatic amines is 1. The first-order chi connectivity index (χ1) is 13.3. The summed E-state index contributed by atoms with van der Waals surface area (Å²) in [6.07, 6.45) is 3.50. The first-order valence-corrected chi connectivity index (χ1v) is 9.23. The van der Waals surface area contributed by atoms with E-state index in [1.165, 1.54) is 11.9 Å². The Hall–Kier alpha value is -3.15. The molecule has 4 rings (SSSR count). The van der Waals surface area contributed by atoms with E-state index in [1.54, 1.807) is 0 Å². The number of nitrogens with one attached hydrogen (secondary N) is 1. The molecule has 2 heterocycles. The summed E-state index contributed by atoms with van der Waals surface area (Å²) in [6.45, 7) is 1.55. The number of aromatic nitrogens is 3. The molecule has 138 valence electrons. The van der Waals surface area contributed by atoms with E-state index in [4.69, 9.17) is 4.74 Å². The van der Waals surface area contributed by atoms with Crippen LogP contribution in [0, 0.1) is 0 Å². The number of amides is 1. The third-order valence-electron chi connectivity index (χ3n) is 4.89. The van der Waals surface area contributed by atoms with Crippen LogP contribution in [0.2, 0.25) is 0 Å². The normalized spacial score (nSPS) is 16.4. The molecule has 1 fully saturated rings. The highest BCUT2D eigenvalue weighted by Crippen LogP contribution is 2.31. The lowest BCUT2D eigenvalue weighted by Gasteiger charge is -2.17. The van der Waals surface area contributed by atoms with Crippen LogP contribution in [0.4, 0.5) is 0 Å². The van der Waals surface area contributed by atoms with E-state index in [2.05, 4.69) is 27.3 Å². The number of benzene rings is 2. The summed E-state index contributed by atoms with van der Waals surface area (Å²) < 4.78 is 5.94. The summed E-state index contributed by atoms with van der Waals surface area (Å²) >= 11 is 0. The van der Waals surface area contributed by atoms with Gasteiger partial charge in [-0.3, -0.25) is 9.89 Å². The molecule has 0 saturated carbocycles. The molecule has 6 heteroatoms. The fourth-order valence-electron chi connectivity index (χ4n) is 3.45. The standard InChI is InChI=1S/C21H22N4O2/c26-21(10-9-20-22-15-23-24-20)25-12-11-17(14-25)16-5-4-8-19(13-16)27-18-6-2-1-3-7-18/h1-8,13,15,17H,9-12,14H2,(H,22,23,24). The molecule has 1 aliphatic rings. The van der Waals surface area contributed by atoms with E-state index in [0.29, 0.717) is 18.8 Å². The average Bonchev–Trinajstić information content (AvgIpc) is 3.39. The van der Waals surface area contributed by atoms with Crippen molar-refractivity contribution >= 4 is 5.91 Å². The number of para-hydroxylation sites is 1. The second-order valence-corrected chi connectivity index (χ2v) is 6.75. The molecule has 1 N–H and O–H groups in total. The fourth-order valence-corrected chi connectivity index (χ4v) is 3.45. The van der Waals surface area contributed by atoms with Gasteiger partial charge in [-0.15, -0.1) is 0 Å². The first kappa shape index (κ1) is 17.3. The number of carbonyl (C=O) groups excluding carboxylic acids is 1. The first-order valence-electron chi connectivity index (χ1n) is 9.23. The zero-order valence-corrected chi connectivity index (χ0v) is 15.0. The van der Waals surface area contributed by atoms with Crippen molar-refractivity contribution in [2.75, 3.05) is 13.1 Å². The molecule has 3 aromatic rings. The largest absolute Gasteiger partial charge is 0.457 e. The van der Waals surface area contributed by atoms with Gasteiger partial charge in [0.2, 0.25) is 5.91 Å². The van der Waals surface area contributed by atoms with E-state index < -0.39 is 0 Å². The molecule has 27 heavy (non-hydrogen) atoms. The van der Waals surface area contributed by atoms with Crippen molar-refractivity contribution in [2.24, 2.45) is 0 Å². The monoisotopic (exact) mass is 362 g/mol. The number of ether oxygens (including phenoxy) is 1. The Labute approximate surface area is 158 Å². The molecule has 2 aromatic carbocycles. The number of nitrogens with zero attached hydrogens (tertiary/aromatic N) is 3. The number of hydrogen-bond donors (Lipinski definition) is 1. The zero-order valence-electron chi connectivity index (χ0n) is 15.0. The van der Waals surface area contributed by atoms with Crippen LogP contribution in [0.3, 0.4) is 0 Å². The van der Waals surface area contributed by atoms with E-state index in [1.807, 2.05) is 47.4 Å². The third kappa shape index (κ3) is 4.34. The number of carbonyl (C=O) groups is 1. The third-order valence-corrected chi connectivity index (χ3v) is 4.89. The van der Waals surface area contributed by atoms with Crippen molar-refractivity contribution in [3.05, 3.63) is 72.3 Å². The molecule has 1 aliphatic heterocycles. The lowest BCUT2D eigenvalue weighted by Crippen LogP contribution is -2.28. The Bertz CT molecular complexity index is 880. The highest BCUT2D eigenvalue weighted by molar-refractivity contribution is 5.76. The van der Waals surface area contributed by atoms with Gasteiger partial charge in [-0.05, 0) is 36.2 Å². The van der Waals surface area contributed by atoms with E-state index >= 15 is 0 Å². The Balaban J connectivity index is 1.35. The summed E-state index contributed by atoms with van der Waals surface area (Å²) in [5, 5.41) is 6.61. The molecule has 0 aliphatic carbocycles. The van der Waals surface area contributed by atoms with Crippen molar-refractivity contribution in [1.29, 1.82) is 0 Å². The predicted molar refractivity (Wildman–Crippen MR) is 102 cm³/mol. The minimum Gasteiger partial charge on any atom is -0.457 e. The summed E-state index contributed by atoms with van der Waals surface area (Å²) in [5.74, 6) is 2.92. The Morgan fingerprint density at radius 2 is 2.00 bits per heavy atom. The van der Waals surface area contributed by atoms with Gasteiger partial charge in [0.15, 0.2) is 0 Å². The SMILES string of the molecule is O=C(CCc1ncn[nH]1)N1CCC(c2cccc(Oc3ccccc3)c2)C1. The number of likely N-dealkylation sites (tertiary alicyclic amines) is 1. The Morgan fingerprint density at radius 1 is 1.15 bits per heavy atom. The van der Waals surface area contributed by atoms with Gasteiger partial charge in [0.25, 0.3) is 0 Å². The Kier molecular flexibility index (Phi) is 5.14. The highest BCUT2D eigenvalue weighted by atomic mass is 16.5. The second-order valence-electron chi connectivity index (χ2n) is 6.75. The second kappa shape index (κ2) is 8.03. The summed E-state index contributed by atoms with van der Waals surface area (Å²) in [4.78, 5) is 18.5. The maximum absolute atomic E-state index is 12.5. The van der Waals surface area contributed by atoms with Gasteiger partial charge in [-0.25, -0.2) is 4.98 Å². The quantitative estimate of drug-likeness (QED) is 0.728. The number of hydrogen-bond acceptors (Lipinski definition) is 4. The fraction of sp³-hybridized carbons (Fsp3) is 0.286. The van der Waals surface area contributed by atoms with Crippen LogP contribution in [0.1, 0.15) is 30.1 Å². The predicted octanol–water partition coefficient (Wildman–Crippen LogP) is 3.55. The van der Waals surface area contributed by atoms with Gasteiger partial charge >= 0.3 is 0 Å². The van der Waals surface area contributed by atoms with Crippen LogP contribution in [0.25, 0.3) is 0 Å². The molecule has 1 atom stereocenters. The molecule has 0 bridgehead atoms. The van der Waals surface area contributed by atoms with E-state index in [0.717, 1.165) is 36.8 Å². The molecule has 1 unspecified atom stereocenters. The van der Waals surface area contributed by atoms with Crippen molar-refractivity contribution in [1.82, 2.24) is 20.1 Å². The minimum absolute atomic E-state index is 0.172. The van der Waals surface area contributed by atoms with Gasteiger partial charge < -0.3 is 9.64 Å². The van der Waals surface area contributed by atoms with Gasteiger partial charge in [0, 0.05) is 31.8 Å². The van der Waals surface area contributed by atoms with Crippen LogP contribution >= 0.6 is 0 Å². The lowest BCUT2D eigenvalue weighted by molar-refractivity contribution is -0.130. The molecular formula is C21H22N4O2. The van der Waals surface area contributed by atoms with Gasteiger partial charge in [-0.1, -0.05) is 30.3 Å². The highest BCUT2D eigenvalue weighted by Gasteiger charge is 2.27. The maximum Gasteiger partial charge on any atom is 0.223 e. The molecular weight excluding hydrogens is 340 g/mol. The molecule has 0 radical (unpaired) electrons. The maximum atomic E-state index is 12.5. The van der Waals surface area contributed by atoms with Crippen LogP contribution in [0.5, 0.6) is 11.5 Å². The lowest BCUT2D eigenvalue weighted by atomic mass is 9.98.